The fourth-order valence-corrected chi connectivity index (χ4v) is 5.15. The number of hydrogen-bond acceptors (Lipinski definition) is 4. The number of carbonyl (C=O) groups excluding carboxylic acids is 2. The smallest absolute Gasteiger partial charge is 0.245 e. The molecule has 1 saturated heterocycles. The molecule has 5 rings (SSSR count). The summed E-state index contributed by atoms with van der Waals surface area (Å²) in [6, 6.07) is 17.8. The first kappa shape index (κ1) is 24.1. The lowest BCUT2D eigenvalue weighted by molar-refractivity contribution is -0.145. The lowest BCUT2D eigenvalue weighted by atomic mass is 9.79. The van der Waals surface area contributed by atoms with Crippen LogP contribution in [0.3, 0.4) is 0 Å². The third-order valence-corrected chi connectivity index (χ3v) is 7.45. The summed E-state index contributed by atoms with van der Waals surface area (Å²) in [7, 11) is 1.63. The second kappa shape index (κ2) is 11.0. The zero-order valence-electron chi connectivity index (χ0n) is 20.7. The lowest BCUT2D eigenvalue weighted by Gasteiger charge is -2.50. The van der Waals surface area contributed by atoms with Gasteiger partial charge in [-0.1, -0.05) is 55.3 Å². The van der Waals surface area contributed by atoms with Crippen molar-refractivity contribution >= 4 is 11.8 Å². The first-order chi connectivity index (χ1) is 17.6. The Morgan fingerprint density at radius 2 is 1.92 bits per heavy atom. The zero-order valence-corrected chi connectivity index (χ0v) is 20.7. The molecule has 1 aliphatic heterocycles. The number of likely N-dealkylation sites (tertiary alicyclic amines) is 1. The van der Waals surface area contributed by atoms with Crippen molar-refractivity contribution in [1.29, 1.82) is 0 Å². The summed E-state index contributed by atoms with van der Waals surface area (Å²) in [5.41, 5.74) is 3.19. The average Bonchev–Trinajstić information content (AvgIpc) is 3.57. The minimum absolute atomic E-state index is 0.0125. The number of aryl methyl sites for hydroxylation is 1. The second-order valence-electron chi connectivity index (χ2n) is 10.0. The third-order valence-electron chi connectivity index (χ3n) is 7.45. The van der Waals surface area contributed by atoms with Crippen LogP contribution in [0.1, 0.15) is 48.4 Å². The number of aromatic nitrogens is 2. The summed E-state index contributed by atoms with van der Waals surface area (Å²) in [6.07, 6.45) is 8.16. The summed E-state index contributed by atoms with van der Waals surface area (Å²) in [6.45, 7) is 0.698. The number of aromatic amines is 1. The van der Waals surface area contributed by atoms with Crippen molar-refractivity contribution in [3.05, 3.63) is 83.9 Å². The number of rotatable bonds is 11. The van der Waals surface area contributed by atoms with Crippen molar-refractivity contribution in [2.75, 3.05) is 13.7 Å². The summed E-state index contributed by atoms with van der Waals surface area (Å²) >= 11 is 0. The van der Waals surface area contributed by atoms with Crippen LogP contribution in [-0.4, -0.2) is 52.4 Å². The number of amides is 2. The topological polar surface area (TPSA) is 87.3 Å². The van der Waals surface area contributed by atoms with Crippen LogP contribution < -0.4 is 10.1 Å². The molecule has 1 aromatic heterocycles. The van der Waals surface area contributed by atoms with Crippen LogP contribution in [0.15, 0.2) is 67.1 Å². The molecule has 2 aromatic carbocycles. The molecule has 2 amide bonds. The number of methoxy groups -OCH3 is 1. The first-order valence-electron chi connectivity index (χ1n) is 12.9. The maximum absolute atomic E-state index is 13.9. The summed E-state index contributed by atoms with van der Waals surface area (Å²) in [5, 5.41) is 3.05. The Hall–Kier alpha value is -3.61. The second-order valence-corrected chi connectivity index (χ2v) is 10.0. The lowest BCUT2D eigenvalue weighted by Crippen LogP contribution is -2.62. The Kier molecular flexibility index (Phi) is 7.35. The van der Waals surface area contributed by atoms with Gasteiger partial charge in [0.2, 0.25) is 11.8 Å². The monoisotopic (exact) mass is 486 g/mol. The molecule has 2 fully saturated rings. The molecule has 0 bridgehead atoms. The van der Waals surface area contributed by atoms with E-state index in [1.165, 1.54) is 18.4 Å². The van der Waals surface area contributed by atoms with E-state index in [4.69, 9.17) is 4.74 Å². The predicted octanol–water partition coefficient (Wildman–Crippen LogP) is 3.87. The van der Waals surface area contributed by atoms with E-state index in [0.29, 0.717) is 37.6 Å². The maximum atomic E-state index is 13.9. The van der Waals surface area contributed by atoms with Crippen LogP contribution in [0.2, 0.25) is 0 Å². The predicted molar refractivity (Wildman–Crippen MR) is 138 cm³/mol. The van der Waals surface area contributed by atoms with E-state index < -0.39 is 6.04 Å². The van der Waals surface area contributed by atoms with Gasteiger partial charge in [-0.25, -0.2) is 4.98 Å². The normalized spacial score (nSPS) is 19.9. The Morgan fingerprint density at radius 1 is 1.14 bits per heavy atom. The van der Waals surface area contributed by atoms with Crippen LogP contribution in [-0.2, 0) is 22.4 Å². The Balaban J connectivity index is 1.31. The Labute approximate surface area is 212 Å². The number of benzene rings is 2. The summed E-state index contributed by atoms with van der Waals surface area (Å²) in [5.74, 6) is 1.71. The molecule has 2 N–H and O–H groups in total. The van der Waals surface area contributed by atoms with E-state index >= 15 is 0 Å². The highest BCUT2D eigenvalue weighted by Gasteiger charge is 2.46. The molecule has 1 saturated carbocycles. The minimum Gasteiger partial charge on any atom is -0.497 e. The van der Waals surface area contributed by atoms with Crippen LogP contribution in [0, 0.1) is 5.92 Å². The van der Waals surface area contributed by atoms with Gasteiger partial charge in [0.05, 0.1) is 13.4 Å². The molecular weight excluding hydrogens is 452 g/mol. The summed E-state index contributed by atoms with van der Waals surface area (Å²) in [4.78, 5) is 35.8. The maximum Gasteiger partial charge on any atom is 0.245 e. The van der Waals surface area contributed by atoms with E-state index in [1.54, 1.807) is 19.6 Å². The van der Waals surface area contributed by atoms with E-state index in [2.05, 4.69) is 39.6 Å². The van der Waals surface area contributed by atoms with Gasteiger partial charge < -0.3 is 19.9 Å². The molecule has 2 unspecified atom stereocenters. The molecule has 7 nitrogen and oxygen atoms in total. The number of H-pyrrole nitrogens is 1. The van der Waals surface area contributed by atoms with Gasteiger partial charge >= 0.3 is 0 Å². The first-order valence-corrected chi connectivity index (χ1v) is 12.9. The van der Waals surface area contributed by atoms with Crippen molar-refractivity contribution in [2.24, 2.45) is 5.92 Å². The van der Waals surface area contributed by atoms with Crippen molar-refractivity contribution in [1.82, 2.24) is 20.2 Å². The van der Waals surface area contributed by atoms with E-state index in [-0.39, 0.29) is 17.9 Å². The van der Waals surface area contributed by atoms with Gasteiger partial charge in [0.25, 0.3) is 0 Å². The van der Waals surface area contributed by atoms with E-state index in [9.17, 15) is 9.59 Å². The van der Waals surface area contributed by atoms with Crippen LogP contribution in [0.25, 0.3) is 0 Å². The van der Waals surface area contributed by atoms with Gasteiger partial charge in [0, 0.05) is 43.2 Å². The molecule has 3 atom stereocenters. The van der Waals surface area contributed by atoms with Crippen molar-refractivity contribution in [3.8, 4) is 5.75 Å². The quantitative estimate of drug-likeness (QED) is 0.431. The molecule has 7 heteroatoms. The van der Waals surface area contributed by atoms with Crippen LogP contribution >= 0.6 is 0 Å². The fourth-order valence-electron chi connectivity index (χ4n) is 5.15. The zero-order chi connectivity index (χ0) is 24.9. The molecular formula is C29H34N4O3. The third kappa shape index (κ3) is 5.78. The van der Waals surface area contributed by atoms with E-state index in [1.807, 2.05) is 35.2 Å². The largest absolute Gasteiger partial charge is 0.497 e. The van der Waals surface area contributed by atoms with Gasteiger partial charge in [-0.15, -0.1) is 0 Å². The van der Waals surface area contributed by atoms with Crippen molar-refractivity contribution < 1.29 is 14.3 Å². The SMILES string of the molecule is COc1ccc(CC(NC(=O)CCc2cnc[nH]2)C(=O)N2CC(c3ccccc3)[C@H]2CC2CC2)cc1. The fraction of sp³-hybridized carbons (Fsp3) is 0.414. The molecule has 0 radical (unpaired) electrons. The molecule has 1 aliphatic carbocycles. The number of nitrogens with zero attached hydrogens (tertiary/aromatic N) is 2. The number of ether oxygens (including phenoxy) is 1. The average molecular weight is 487 g/mol. The highest BCUT2D eigenvalue weighted by molar-refractivity contribution is 5.89. The highest BCUT2D eigenvalue weighted by Crippen LogP contribution is 2.44. The van der Waals surface area contributed by atoms with E-state index in [0.717, 1.165) is 23.4 Å². The Morgan fingerprint density at radius 3 is 2.58 bits per heavy atom. The number of nitrogens with one attached hydrogen (secondary N) is 2. The number of carbonyl (C=O) groups is 2. The molecule has 0 spiro atoms. The molecule has 188 valence electrons. The van der Waals surface area contributed by atoms with Gasteiger partial charge in [-0.05, 0) is 42.0 Å². The van der Waals surface area contributed by atoms with Crippen LogP contribution in [0.4, 0.5) is 0 Å². The summed E-state index contributed by atoms with van der Waals surface area (Å²) < 4.78 is 5.28. The van der Waals surface area contributed by atoms with Gasteiger partial charge in [0.15, 0.2) is 0 Å². The highest BCUT2D eigenvalue weighted by atomic mass is 16.5. The molecule has 3 aromatic rings. The molecule has 2 aliphatic rings. The Bertz CT molecular complexity index is 1140. The van der Waals surface area contributed by atoms with Crippen molar-refractivity contribution in [3.63, 3.8) is 0 Å². The van der Waals surface area contributed by atoms with Gasteiger partial charge in [0.1, 0.15) is 11.8 Å². The van der Waals surface area contributed by atoms with Gasteiger partial charge in [-0.2, -0.15) is 0 Å². The van der Waals surface area contributed by atoms with Gasteiger partial charge in [-0.3, -0.25) is 9.59 Å². The molecule has 36 heavy (non-hydrogen) atoms. The van der Waals surface area contributed by atoms with Crippen LogP contribution in [0.5, 0.6) is 5.75 Å². The number of hydrogen-bond donors (Lipinski definition) is 2. The number of imidazole rings is 1. The minimum atomic E-state index is -0.605. The van der Waals surface area contributed by atoms with Crippen molar-refractivity contribution in [2.45, 2.75) is 56.5 Å². The molecule has 2 heterocycles. The standard InChI is InChI=1S/C29H34N4O3/c1-36-24-12-9-20(10-13-24)15-26(32-28(34)14-11-23-17-30-19-31-23)29(35)33-18-25(22-5-3-2-4-6-22)27(33)16-21-7-8-21/h2-6,9-10,12-13,17,19,21,25-27H,7-8,11,14-16,18H2,1H3,(H,30,31)(H,32,34)/t25?,26?,27-/m1/s1.